The van der Waals surface area contributed by atoms with Crippen molar-refractivity contribution in [2.75, 3.05) is 51.7 Å². The predicted octanol–water partition coefficient (Wildman–Crippen LogP) is 2.62. The molecule has 0 saturated carbocycles. The summed E-state index contributed by atoms with van der Waals surface area (Å²) in [6.07, 6.45) is 7.30. The monoisotopic (exact) mass is 427 g/mol. The van der Waals surface area contributed by atoms with Crippen LogP contribution in [0.1, 0.15) is 40.4 Å². The molecule has 160 valence electrons. The van der Waals surface area contributed by atoms with Gasteiger partial charge < -0.3 is 9.64 Å². The van der Waals surface area contributed by atoms with Gasteiger partial charge in [0, 0.05) is 63.0 Å². The Balaban J connectivity index is 1.38. The molecule has 2 aliphatic heterocycles. The first kappa shape index (κ1) is 21.2. The van der Waals surface area contributed by atoms with Gasteiger partial charge >= 0.3 is 0 Å². The van der Waals surface area contributed by atoms with Crippen LogP contribution in [0.5, 0.6) is 0 Å². The largest absolute Gasteiger partial charge is 0.379 e. The third-order valence-corrected chi connectivity index (χ3v) is 6.58. The van der Waals surface area contributed by atoms with Crippen molar-refractivity contribution >= 4 is 17.7 Å². The van der Waals surface area contributed by atoms with Crippen LogP contribution in [0, 0.1) is 6.92 Å². The highest BCUT2D eigenvalue weighted by Gasteiger charge is 2.27. The second kappa shape index (κ2) is 10.3. The molecule has 1 amide bonds. The summed E-state index contributed by atoms with van der Waals surface area (Å²) in [5.74, 6) is 1.28. The van der Waals surface area contributed by atoms with E-state index in [0.29, 0.717) is 12.1 Å². The topological polar surface area (TPSA) is 71.5 Å². The van der Waals surface area contributed by atoms with Crippen LogP contribution in [-0.4, -0.2) is 82.3 Å². The van der Waals surface area contributed by atoms with Crippen molar-refractivity contribution < 1.29 is 9.53 Å². The van der Waals surface area contributed by atoms with Crippen molar-refractivity contribution in [3.8, 4) is 0 Å². The molecular formula is C22H29N5O2S. The number of aryl methyl sites for hydroxylation is 1. The number of hydrogen-bond donors (Lipinski definition) is 0. The molecule has 0 aliphatic carbocycles. The highest BCUT2D eigenvalue weighted by atomic mass is 32.2. The number of carbonyl (C=O) groups excluding carboxylic acids is 1. The molecule has 4 rings (SSSR count). The van der Waals surface area contributed by atoms with E-state index in [1.807, 2.05) is 23.2 Å². The lowest BCUT2D eigenvalue weighted by molar-refractivity contribution is 0.0410. The van der Waals surface area contributed by atoms with Gasteiger partial charge in [-0.1, -0.05) is 11.8 Å². The second-order valence-corrected chi connectivity index (χ2v) is 8.92. The minimum Gasteiger partial charge on any atom is -0.379 e. The van der Waals surface area contributed by atoms with Crippen molar-refractivity contribution in [1.29, 1.82) is 0 Å². The molecule has 0 spiro atoms. The average molecular weight is 428 g/mol. The Hall–Kier alpha value is -2.03. The van der Waals surface area contributed by atoms with Crippen LogP contribution in [0.15, 0.2) is 35.9 Å². The summed E-state index contributed by atoms with van der Waals surface area (Å²) in [6.45, 7) is 8.24. The van der Waals surface area contributed by atoms with E-state index < -0.39 is 0 Å². The van der Waals surface area contributed by atoms with Crippen LogP contribution in [0.2, 0.25) is 0 Å². The molecule has 2 fully saturated rings. The number of pyridine rings is 1. The van der Waals surface area contributed by atoms with Crippen molar-refractivity contribution in [3.63, 3.8) is 0 Å². The predicted molar refractivity (Wildman–Crippen MR) is 117 cm³/mol. The molecule has 0 aromatic carbocycles. The van der Waals surface area contributed by atoms with Crippen LogP contribution in [0.4, 0.5) is 0 Å². The first-order chi connectivity index (χ1) is 14.7. The van der Waals surface area contributed by atoms with Crippen LogP contribution < -0.4 is 0 Å². The Kier molecular flexibility index (Phi) is 7.30. The maximum absolute atomic E-state index is 12.9. The maximum Gasteiger partial charge on any atom is 0.255 e. The van der Waals surface area contributed by atoms with E-state index in [0.717, 1.165) is 74.4 Å². The Morgan fingerprint density at radius 2 is 2.13 bits per heavy atom. The number of piperidine rings is 1. The van der Waals surface area contributed by atoms with Crippen molar-refractivity contribution in [1.82, 2.24) is 24.8 Å². The van der Waals surface area contributed by atoms with Crippen molar-refractivity contribution in [2.45, 2.75) is 30.8 Å². The number of nitrogens with zero attached hydrogens (tertiary/aromatic N) is 5. The summed E-state index contributed by atoms with van der Waals surface area (Å²) < 4.78 is 5.41. The third kappa shape index (κ3) is 5.36. The number of amides is 1. The number of ether oxygens (including phenoxy) is 1. The Labute approximate surface area is 182 Å². The number of morpholine rings is 1. The summed E-state index contributed by atoms with van der Waals surface area (Å²) in [7, 11) is 0. The minimum absolute atomic E-state index is 0.0552. The Morgan fingerprint density at radius 3 is 2.93 bits per heavy atom. The summed E-state index contributed by atoms with van der Waals surface area (Å²) >= 11 is 1.71. The van der Waals surface area contributed by atoms with E-state index in [9.17, 15) is 4.79 Å². The Bertz CT molecular complexity index is 845. The van der Waals surface area contributed by atoms with Crippen LogP contribution in [0.3, 0.4) is 0 Å². The van der Waals surface area contributed by atoms with Crippen LogP contribution in [0.25, 0.3) is 0 Å². The van der Waals surface area contributed by atoms with Crippen molar-refractivity contribution in [3.05, 3.63) is 47.5 Å². The van der Waals surface area contributed by atoms with Gasteiger partial charge in [-0.15, -0.1) is 0 Å². The first-order valence-electron chi connectivity index (χ1n) is 10.7. The molecule has 0 radical (unpaired) electrons. The Morgan fingerprint density at radius 1 is 1.27 bits per heavy atom. The van der Waals surface area contributed by atoms with Gasteiger partial charge in [0.1, 0.15) is 0 Å². The number of thioether (sulfide) groups is 1. The average Bonchev–Trinajstić information content (AvgIpc) is 2.81. The van der Waals surface area contributed by atoms with Gasteiger partial charge in [-0.2, -0.15) is 0 Å². The highest BCUT2D eigenvalue weighted by Crippen LogP contribution is 2.29. The normalized spacial score (nSPS) is 20.3. The number of hydrogen-bond acceptors (Lipinski definition) is 7. The molecule has 7 nitrogen and oxygen atoms in total. The fourth-order valence-electron chi connectivity index (χ4n) is 4.07. The zero-order valence-corrected chi connectivity index (χ0v) is 18.3. The lowest BCUT2D eigenvalue weighted by atomic mass is 9.92. The van der Waals surface area contributed by atoms with Crippen LogP contribution in [-0.2, 0) is 4.74 Å². The molecule has 1 unspecified atom stereocenters. The van der Waals surface area contributed by atoms with Gasteiger partial charge in [-0.05, 0) is 37.5 Å². The van der Waals surface area contributed by atoms with Crippen LogP contribution >= 0.6 is 11.8 Å². The molecule has 30 heavy (non-hydrogen) atoms. The molecule has 0 N–H and O–H groups in total. The molecule has 8 heteroatoms. The standard InChI is InChI=1S/C22H29N5O2S/c1-17-14-24-22(30-13-10-26-8-11-29-12-9-26)25-20(17)19-5-3-7-27(16-19)21(28)18-4-2-6-23-15-18/h2,4,6,14-15,19H,3,5,7-13,16H2,1H3. The molecule has 2 aromatic rings. The lowest BCUT2D eigenvalue weighted by Crippen LogP contribution is -2.39. The zero-order chi connectivity index (χ0) is 20.8. The molecule has 0 bridgehead atoms. The van der Waals surface area contributed by atoms with E-state index in [2.05, 4.69) is 21.8 Å². The molecule has 2 saturated heterocycles. The number of aromatic nitrogens is 3. The molecule has 2 aliphatic rings. The van der Waals surface area contributed by atoms with E-state index in [-0.39, 0.29) is 11.8 Å². The molecule has 2 aromatic heterocycles. The van der Waals surface area contributed by atoms with E-state index in [1.165, 1.54) is 0 Å². The van der Waals surface area contributed by atoms with E-state index in [4.69, 9.17) is 9.72 Å². The smallest absolute Gasteiger partial charge is 0.255 e. The van der Waals surface area contributed by atoms with Gasteiger partial charge in [0.05, 0.1) is 24.5 Å². The van der Waals surface area contributed by atoms with Gasteiger partial charge in [0.15, 0.2) is 5.16 Å². The van der Waals surface area contributed by atoms with E-state index >= 15 is 0 Å². The summed E-state index contributed by atoms with van der Waals surface area (Å²) in [5.41, 5.74) is 2.84. The highest BCUT2D eigenvalue weighted by molar-refractivity contribution is 7.99. The minimum atomic E-state index is 0.0552. The number of rotatable bonds is 6. The molecule has 1 atom stereocenters. The third-order valence-electron chi connectivity index (χ3n) is 5.73. The van der Waals surface area contributed by atoms with Gasteiger partial charge in [0.25, 0.3) is 5.91 Å². The van der Waals surface area contributed by atoms with Gasteiger partial charge in [0.2, 0.25) is 0 Å². The summed E-state index contributed by atoms with van der Waals surface area (Å²) in [4.78, 5) is 30.7. The molecular weight excluding hydrogens is 398 g/mol. The maximum atomic E-state index is 12.9. The summed E-state index contributed by atoms with van der Waals surface area (Å²) in [5, 5.41) is 0.833. The number of carbonyl (C=O) groups is 1. The fourth-order valence-corrected chi connectivity index (χ4v) is 4.89. The second-order valence-electron chi connectivity index (χ2n) is 7.86. The lowest BCUT2D eigenvalue weighted by Gasteiger charge is -2.33. The quantitative estimate of drug-likeness (QED) is 0.518. The first-order valence-corrected chi connectivity index (χ1v) is 11.6. The summed E-state index contributed by atoms with van der Waals surface area (Å²) in [6, 6.07) is 3.64. The van der Waals surface area contributed by atoms with Gasteiger partial charge in [-0.3, -0.25) is 14.7 Å². The van der Waals surface area contributed by atoms with Crippen molar-refractivity contribution in [2.24, 2.45) is 0 Å². The van der Waals surface area contributed by atoms with E-state index in [1.54, 1.807) is 24.2 Å². The van der Waals surface area contributed by atoms with Gasteiger partial charge in [-0.25, -0.2) is 9.97 Å². The zero-order valence-electron chi connectivity index (χ0n) is 17.5. The molecule has 4 heterocycles. The SMILES string of the molecule is Cc1cnc(SCCN2CCOCC2)nc1C1CCCN(C(=O)c2cccnc2)C1. The fraction of sp³-hybridized carbons (Fsp3) is 0.545. The number of likely N-dealkylation sites (tertiary alicyclic amines) is 1.